The van der Waals surface area contributed by atoms with E-state index in [-0.39, 0.29) is 24.4 Å². The zero-order valence-electron chi connectivity index (χ0n) is 14.1. The van der Waals surface area contributed by atoms with Crippen LogP contribution in [0.25, 0.3) is 0 Å². The van der Waals surface area contributed by atoms with E-state index in [9.17, 15) is 4.79 Å². The number of benzene rings is 1. The Labute approximate surface area is 143 Å². The molecule has 23 heavy (non-hydrogen) atoms. The van der Waals surface area contributed by atoms with Gasteiger partial charge in [0.2, 0.25) is 5.91 Å². The first-order valence-corrected chi connectivity index (χ1v) is 7.51. The summed E-state index contributed by atoms with van der Waals surface area (Å²) >= 11 is 0. The first-order valence-electron chi connectivity index (χ1n) is 7.51. The van der Waals surface area contributed by atoms with Crippen LogP contribution in [0.4, 0.5) is 0 Å². The number of hydrogen-bond acceptors (Lipinski definition) is 3. The topological polar surface area (TPSA) is 59.0 Å². The lowest BCUT2D eigenvalue weighted by atomic mass is 10.00. The number of carbonyl (C=O) groups excluding carboxylic acids is 1. The number of carbonyl (C=O) groups is 1. The van der Waals surface area contributed by atoms with Crippen molar-refractivity contribution in [3.05, 3.63) is 52.8 Å². The highest BCUT2D eigenvalue weighted by Gasteiger charge is 2.19. The molecule has 0 spiro atoms. The number of nitrogens with one attached hydrogen (secondary N) is 2. The van der Waals surface area contributed by atoms with Crippen molar-refractivity contribution >= 4 is 18.3 Å². The predicted octanol–water partition coefficient (Wildman–Crippen LogP) is 2.08. The summed E-state index contributed by atoms with van der Waals surface area (Å²) < 4.78 is 1.70. The molecule has 2 rings (SSSR count). The van der Waals surface area contributed by atoms with Gasteiger partial charge in [0.15, 0.2) is 0 Å². The molecule has 0 fully saturated rings. The summed E-state index contributed by atoms with van der Waals surface area (Å²) in [5, 5.41) is 10.2. The van der Waals surface area contributed by atoms with E-state index in [4.69, 9.17) is 0 Å². The molecular formula is C17H25ClN4O. The molecule has 6 heteroatoms. The zero-order valence-corrected chi connectivity index (χ0v) is 14.9. The molecule has 1 aromatic heterocycles. The third kappa shape index (κ3) is 4.81. The van der Waals surface area contributed by atoms with Gasteiger partial charge in [-0.1, -0.05) is 18.2 Å². The fourth-order valence-electron chi connectivity index (χ4n) is 2.69. The van der Waals surface area contributed by atoms with Crippen LogP contribution in [-0.4, -0.2) is 29.3 Å². The van der Waals surface area contributed by atoms with Crippen LogP contribution in [-0.2, 0) is 18.3 Å². The summed E-state index contributed by atoms with van der Waals surface area (Å²) in [4.78, 5) is 12.3. The van der Waals surface area contributed by atoms with Gasteiger partial charge in [-0.05, 0) is 44.0 Å². The molecule has 0 bridgehead atoms. The quantitative estimate of drug-likeness (QED) is 0.849. The van der Waals surface area contributed by atoms with E-state index < -0.39 is 0 Å². The van der Waals surface area contributed by atoms with Gasteiger partial charge in [-0.25, -0.2) is 0 Å². The van der Waals surface area contributed by atoms with Crippen molar-refractivity contribution in [2.75, 3.05) is 13.6 Å². The van der Waals surface area contributed by atoms with Crippen molar-refractivity contribution < 1.29 is 4.79 Å². The highest BCUT2D eigenvalue weighted by atomic mass is 35.5. The normalized spacial score (nSPS) is 11.7. The smallest absolute Gasteiger partial charge is 0.241 e. The van der Waals surface area contributed by atoms with Crippen molar-refractivity contribution in [1.82, 2.24) is 20.4 Å². The number of amides is 1. The Hall–Kier alpha value is -1.85. The Morgan fingerprint density at radius 1 is 1.30 bits per heavy atom. The molecule has 0 aliphatic rings. The van der Waals surface area contributed by atoms with E-state index in [1.807, 2.05) is 13.2 Å². The zero-order chi connectivity index (χ0) is 16.1. The Bertz CT molecular complexity index is 634. The minimum atomic E-state index is -0.369. The van der Waals surface area contributed by atoms with Gasteiger partial charge < -0.3 is 10.6 Å². The molecule has 126 valence electrons. The van der Waals surface area contributed by atoms with Crippen LogP contribution in [0.3, 0.4) is 0 Å². The lowest BCUT2D eigenvalue weighted by Crippen LogP contribution is -2.37. The van der Waals surface area contributed by atoms with Crippen LogP contribution in [0, 0.1) is 13.8 Å². The second-order valence-electron chi connectivity index (χ2n) is 5.58. The Morgan fingerprint density at radius 3 is 2.48 bits per heavy atom. The van der Waals surface area contributed by atoms with Gasteiger partial charge in [0.05, 0.1) is 6.20 Å². The number of likely N-dealkylation sites (N-methyl/N-ethyl adjacent to an activating group) is 1. The van der Waals surface area contributed by atoms with Gasteiger partial charge in [0.1, 0.15) is 6.04 Å². The highest BCUT2D eigenvalue weighted by molar-refractivity contribution is 5.85. The largest absolute Gasteiger partial charge is 0.354 e. The van der Waals surface area contributed by atoms with Crippen LogP contribution in [0.15, 0.2) is 30.6 Å². The summed E-state index contributed by atoms with van der Waals surface area (Å²) in [5.41, 5.74) is 4.72. The molecule has 0 saturated carbocycles. The summed E-state index contributed by atoms with van der Waals surface area (Å²) in [6.45, 7) is 4.84. The van der Waals surface area contributed by atoms with E-state index in [0.29, 0.717) is 6.54 Å². The van der Waals surface area contributed by atoms with Gasteiger partial charge in [-0.2, -0.15) is 5.10 Å². The van der Waals surface area contributed by atoms with Crippen molar-refractivity contribution in [2.24, 2.45) is 7.05 Å². The van der Waals surface area contributed by atoms with E-state index >= 15 is 0 Å². The first-order chi connectivity index (χ1) is 10.5. The third-order valence-corrected chi connectivity index (χ3v) is 3.93. The van der Waals surface area contributed by atoms with Crippen LogP contribution < -0.4 is 10.6 Å². The van der Waals surface area contributed by atoms with Crippen molar-refractivity contribution in [3.63, 3.8) is 0 Å². The SMILES string of the molecule is CNC(C(=O)NCCc1c(C)cccc1C)c1cnn(C)c1.Cl. The third-order valence-electron chi connectivity index (χ3n) is 3.93. The van der Waals surface area contributed by atoms with Gasteiger partial charge in [-0.3, -0.25) is 9.48 Å². The number of aryl methyl sites for hydroxylation is 3. The lowest BCUT2D eigenvalue weighted by Gasteiger charge is -2.15. The first kappa shape index (κ1) is 19.2. The molecule has 1 amide bonds. The van der Waals surface area contributed by atoms with Crippen LogP contribution in [0.1, 0.15) is 28.3 Å². The van der Waals surface area contributed by atoms with E-state index in [0.717, 1.165) is 12.0 Å². The molecule has 2 N–H and O–H groups in total. The predicted molar refractivity (Wildman–Crippen MR) is 94.9 cm³/mol. The maximum Gasteiger partial charge on any atom is 0.241 e. The summed E-state index contributed by atoms with van der Waals surface area (Å²) in [6.07, 6.45) is 4.41. The van der Waals surface area contributed by atoms with Crippen LogP contribution in [0.2, 0.25) is 0 Å². The van der Waals surface area contributed by atoms with Gasteiger partial charge in [0.25, 0.3) is 0 Å². The highest BCUT2D eigenvalue weighted by Crippen LogP contribution is 2.14. The molecule has 0 aliphatic carbocycles. The second kappa shape index (κ2) is 8.70. The molecular weight excluding hydrogens is 312 g/mol. The molecule has 1 unspecified atom stereocenters. The monoisotopic (exact) mass is 336 g/mol. The number of hydrogen-bond donors (Lipinski definition) is 2. The van der Waals surface area contributed by atoms with Gasteiger partial charge >= 0.3 is 0 Å². The molecule has 0 aliphatic heterocycles. The number of aromatic nitrogens is 2. The summed E-state index contributed by atoms with van der Waals surface area (Å²) in [7, 11) is 3.62. The average molecular weight is 337 g/mol. The lowest BCUT2D eigenvalue weighted by molar-refractivity contribution is -0.123. The molecule has 1 heterocycles. The fraction of sp³-hybridized carbons (Fsp3) is 0.412. The molecule has 1 aromatic carbocycles. The molecule has 0 saturated heterocycles. The number of halogens is 1. The Kier molecular flexibility index (Phi) is 7.26. The second-order valence-corrected chi connectivity index (χ2v) is 5.58. The minimum absolute atomic E-state index is 0. The van der Waals surface area contributed by atoms with Gasteiger partial charge in [0, 0.05) is 25.4 Å². The van der Waals surface area contributed by atoms with Crippen molar-refractivity contribution in [3.8, 4) is 0 Å². The maximum atomic E-state index is 12.3. The molecule has 1 atom stereocenters. The minimum Gasteiger partial charge on any atom is -0.354 e. The Morgan fingerprint density at radius 2 is 1.96 bits per heavy atom. The standard InChI is InChI=1S/C17H24N4O.ClH/c1-12-6-5-7-13(2)15(12)8-9-19-17(22)16(18-3)14-10-20-21(4)11-14;/h5-7,10-11,16,18H,8-9H2,1-4H3,(H,19,22);1H. The Balaban J connectivity index is 0.00000264. The number of rotatable bonds is 6. The molecule has 5 nitrogen and oxygen atoms in total. The number of nitrogens with zero attached hydrogens (tertiary/aromatic N) is 2. The molecule has 2 aromatic rings. The van der Waals surface area contributed by atoms with E-state index in [2.05, 4.69) is 47.8 Å². The summed E-state index contributed by atoms with van der Waals surface area (Å²) in [5.74, 6) is -0.0262. The van der Waals surface area contributed by atoms with E-state index in [1.165, 1.54) is 16.7 Å². The fourth-order valence-corrected chi connectivity index (χ4v) is 2.69. The molecule has 0 radical (unpaired) electrons. The maximum absolute atomic E-state index is 12.3. The van der Waals surface area contributed by atoms with Crippen LogP contribution >= 0.6 is 12.4 Å². The van der Waals surface area contributed by atoms with Crippen molar-refractivity contribution in [1.29, 1.82) is 0 Å². The van der Waals surface area contributed by atoms with Crippen LogP contribution in [0.5, 0.6) is 0 Å². The van der Waals surface area contributed by atoms with E-state index in [1.54, 1.807) is 17.9 Å². The van der Waals surface area contributed by atoms with Gasteiger partial charge in [-0.15, -0.1) is 12.4 Å². The van der Waals surface area contributed by atoms with Crippen molar-refractivity contribution in [2.45, 2.75) is 26.3 Å². The summed E-state index contributed by atoms with van der Waals surface area (Å²) in [6, 6.07) is 5.91. The average Bonchev–Trinajstić information content (AvgIpc) is 2.89.